The fraction of sp³-hybridized carbons (Fsp3) is 0.500. The smallest absolute Gasteiger partial charge is 0.122 e. The first kappa shape index (κ1) is 5.88. The summed E-state index contributed by atoms with van der Waals surface area (Å²) >= 11 is 0. The fourth-order valence-electron chi connectivity index (χ4n) is 1.25. The van der Waals surface area contributed by atoms with Crippen molar-refractivity contribution in [3.8, 4) is 0 Å². The van der Waals surface area contributed by atoms with Crippen LogP contribution in [0.1, 0.15) is 6.42 Å². The quantitative estimate of drug-likeness (QED) is 0.415. The van der Waals surface area contributed by atoms with E-state index in [9.17, 15) is 0 Å². The average Bonchev–Trinajstić information content (AvgIpc) is 2.34. The summed E-state index contributed by atoms with van der Waals surface area (Å²) in [5.41, 5.74) is 11.6. The molecule has 1 fully saturated rings. The van der Waals surface area contributed by atoms with Crippen molar-refractivity contribution in [2.24, 2.45) is 16.6 Å². The predicted molar refractivity (Wildman–Crippen MR) is 38.9 cm³/mol. The van der Waals surface area contributed by atoms with Crippen LogP contribution in [0.25, 0.3) is 0 Å². The van der Waals surface area contributed by atoms with Crippen molar-refractivity contribution in [1.82, 2.24) is 10.9 Å². The second kappa shape index (κ2) is 2.07. The number of hydrazine groups is 1. The molecule has 0 aromatic heterocycles. The number of nitrogens with zero attached hydrogens (tertiary/aromatic N) is 1. The number of rotatable bonds is 0. The first-order chi connectivity index (χ1) is 4.88. The molecule has 0 aromatic carbocycles. The second-order valence-electron chi connectivity index (χ2n) is 2.54. The van der Waals surface area contributed by atoms with Gasteiger partial charge in [0.15, 0.2) is 0 Å². The molecule has 2 aliphatic rings. The minimum absolute atomic E-state index is 0.0173. The van der Waals surface area contributed by atoms with E-state index in [0.29, 0.717) is 5.92 Å². The van der Waals surface area contributed by atoms with Gasteiger partial charge in [0.1, 0.15) is 5.84 Å². The molecule has 2 unspecified atom stereocenters. The molecule has 1 saturated heterocycles. The number of nitrogens with one attached hydrogen (secondary N) is 2. The number of fused-ring (bicyclic) bond motifs is 1. The molecule has 4 heteroatoms. The molecule has 2 rings (SSSR count). The lowest BCUT2D eigenvalue weighted by atomic mass is 10.0. The highest BCUT2D eigenvalue weighted by Crippen LogP contribution is 2.15. The van der Waals surface area contributed by atoms with Crippen LogP contribution < -0.4 is 16.6 Å². The molecular formula is C6H10N4. The lowest BCUT2D eigenvalue weighted by Gasteiger charge is -2.12. The van der Waals surface area contributed by atoms with Crippen LogP contribution in [-0.2, 0) is 0 Å². The molecule has 0 amide bonds. The van der Waals surface area contributed by atoms with Gasteiger partial charge < -0.3 is 11.2 Å². The Kier molecular flexibility index (Phi) is 1.22. The maximum Gasteiger partial charge on any atom is 0.122 e. The van der Waals surface area contributed by atoms with E-state index in [4.69, 9.17) is 5.73 Å². The zero-order valence-corrected chi connectivity index (χ0v) is 5.54. The Morgan fingerprint density at radius 3 is 3.40 bits per heavy atom. The van der Waals surface area contributed by atoms with Crippen molar-refractivity contribution in [1.29, 1.82) is 0 Å². The molecule has 0 saturated carbocycles. The normalized spacial score (nSPS) is 36.7. The summed E-state index contributed by atoms with van der Waals surface area (Å²) in [6.45, 7) is 0. The first-order valence-electron chi connectivity index (χ1n) is 3.38. The van der Waals surface area contributed by atoms with Gasteiger partial charge >= 0.3 is 0 Å². The zero-order chi connectivity index (χ0) is 6.97. The molecule has 0 aromatic rings. The second-order valence-corrected chi connectivity index (χ2v) is 2.54. The number of amidine groups is 1. The summed E-state index contributed by atoms with van der Waals surface area (Å²) in [7, 11) is 0. The van der Waals surface area contributed by atoms with Gasteiger partial charge in [-0.05, 0) is 6.42 Å². The molecule has 0 radical (unpaired) electrons. The Balaban J connectivity index is 2.23. The number of nitrogens with two attached hydrogens (primary N) is 1. The molecule has 0 bridgehead atoms. The maximum absolute atomic E-state index is 5.70. The molecular weight excluding hydrogens is 128 g/mol. The summed E-state index contributed by atoms with van der Waals surface area (Å²) < 4.78 is 0. The van der Waals surface area contributed by atoms with Gasteiger partial charge in [0.05, 0.1) is 12.1 Å². The number of hydrogen-bond acceptors (Lipinski definition) is 4. The summed E-state index contributed by atoms with van der Waals surface area (Å²) in [6, 6.07) is 0. The summed E-state index contributed by atoms with van der Waals surface area (Å²) in [5.74, 6) is 1.32. The van der Waals surface area contributed by atoms with Crippen LogP contribution in [0.5, 0.6) is 0 Å². The molecule has 0 spiro atoms. The molecule has 2 heterocycles. The van der Waals surface area contributed by atoms with E-state index in [-0.39, 0.29) is 6.17 Å². The molecule has 2 atom stereocenters. The van der Waals surface area contributed by atoms with E-state index in [1.54, 1.807) is 6.20 Å². The molecule has 2 aliphatic heterocycles. The highest BCUT2D eigenvalue weighted by atomic mass is 15.5. The molecule has 54 valence electrons. The van der Waals surface area contributed by atoms with E-state index in [1.165, 1.54) is 0 Å². The lowest BCUT2D eigenvalue weighted by molar-refractivity contribution is 0.489. The largest absolute Gasteiger partial charge is 0.314 e. The third-order valence-corrected chi connectivity index (χ3v) is 1.86. The Bertz CT molecular complexity index is 196. The highest BCUT2D eigenvalue weighted by Gasteiger charge is 2.29. The fourth-order valence-corrected chi connectivity index (χ4v) is 1.25. The van der Waals surface area contributed by atoms with Crippen LogP contribution in [0.2, 0.25) is 0 Å². The van der Waals surface area contributed by atoms with E-state index in [1.807, 2.05) is 6.08 Å². The van der Waals surface area contributed by atoms with Crippen LogP contribution in [0.3, 0.4) is 0 Å². The van der Waals surface area contributed by atoms with Crippen LogP contribution >= 0.6 is 0 Å². The minimum atomic E-state index is 0.0173. The van der Waals surface area contributed by atoms with Gasteiger partial charge in [-0.3, -0.25) is 0 Å². The summed E-state index contributed by atoms with van der Waals surface area (Å²) in [4.78, 5) is 4.12. The summed E-state index contributed by atoms with van der Waals surface area (Å²) in [6.07, 6.45) is 4.84. The van der Waals surface area contributed by atoms with Gasteiger partial charge in [0.25, 0.3) is 0 Å². The Hall–Kier alpha value is -0.870. The van der Waals surface area contributed by atoms with E-state index >= 15 is 0 Å². The van der Waals surface area contributed by atoms with Gasteiger partial charge in [0, 0.05) is 6.20 Å². The first-order valence-corrected chi connectivity index (χ1v) is 3.38. The van der Waals surface area contributed by atoms with Crippen molar-refractivity contribution in [2.75, 3.05) is 0 Å². The van der Waals surface area contributed by atoms with Crippen molar-refractivity contribution in [2.45, 2.75) is 12.6 Å². The lowest BCUT2D eigenvalue weighted by Crippen LogP contribution is -2.39. The van der Waals surface area contributed by atoms with Crippen molar-refractivity contribution in [3.05, 3.63) is 12.3 Å². The molecule has 4 nitrogen and oxygen atoms in total. The number of hydrogen-bond donors (Lipinski definition) is 3. The zero-order valence-electron chi connectivity index (χ0n) is 5.54. The van der Waals surface area contributed by atoms with Gasteiger partial charge in [-0.25, -0.2) is 10.4 Å². The molecule has 0 aliphatic carbocycles. The number of aliphatic imine (C=N–C) groups is 1. The van der Waals surface area contributed by atoms with Crippen LogP contribution in [0.15, 0.2) is 17.3 Å². The third-order valence-electron chi connectivity index (χ3n) is 1.86. The Morgan fingerprint density at radius 2 is 2.60 bits per heavy atom. The van der Waals surface area contributed by atoms with Crippen LogP contribution in [0, 0.1) is 5.92 Å². The SMILES string of the molecule is NC1NNC2=NC=CCC21. The van der Waals surface area contributed by atoms with Crippen molar-refractivity contribution < 1.29 is 0 Å². The Labute approximate surface area is 59.2 Å². The molecule has 10 heavy (non-hydrogen) atoms. The van der Waals surface area contributed by atoms with E-state index < -0.39 is 0 Å². The van der Waals surface area contributed by atoms with Gasteiger partial charge in [-0.1, -0.05) is 6.08 Å². The topological polar surface area (TPSA) is 62.4 Å². The van der Waals surface area contributed by atoms with Crippen LogP contribution in [-0.4, -0.2) is 12.0 Å². The predicted octanol–water partition coefficient (Wildman–Crippen LogP) is -0.689. The Morgan fingerprint density at radius 1 is 1.70 bits per heavy atom. The maximum atomic E-state index is 5.70. The number of allylic oxidation sites excluding steroid dienone is 1. The third kappa shape index (κ3) is 0.732. The van der Waals surface area contributed by atoms with Crippen molar-refractivity contribution in [3.63, 3.8) is 0 Å². The van der Waals surface area contributed by atoms with Gasteiger partial charge in [0.2, 0.25) is 0 Å². The van der Waals surface area contributed by atoms with Gasteiger partial charge in [-0.2, -0.15) is 0 Å². The average molecular weight is 138 g/mol. The van der Waals surface area contributed by atoms with E-state index in [0.717, 1.165) is 12.3 Å². The molecule has 4 N–H and O–H groups in total. The van der Waals surface area contributed by atoms with Gasteiger partial charge in [-0.15, -0.1) is 0 Å². The van der Waals surface area contributed by atoms with Crippen LogP contribution in [0.4, 0.5) is 0 Å². The summed E-state index contributed by atoms with van der Waals surface area (Å²) in [5, 5.41) is 0. The minimum Gasteiger partial charge on any atom is -0.314 e. The standard InChI is InChI=1S/C6H10N4/c7-5-4-2-1-3-8-6(4)10-9-5/h1,3-5,9H,2,7H2,(H,8,10). The van der Waals surface area contributed by atoms with E-state index in [2.05, 4.69) is 15.8 Å². The van der Waals surface area contributed by atoms with Crippen molar-refractivity contribution >= 4 is 5.84 Å². The highest BCUT2D eigenvalue weighted by molar-refractivity contribution is 5.87. The monoisotopic (exact) mass is 138 g/mol.